The molecule has 12 heavy (non-hydrogen) atoms. The van der Waals surface area contributed by atoms with Gasteiger partial charge in [0, 0.05) is 0 Å². The van der Waals surface area contributed by atoms with Gasteiger partial charge in [-0.15, -0.1) is 0 Å². The Labute approximate surface area is 77.0 Å². The molecule has 0 unspecified atom stereocenters. The highest BCUT2D eigenvalue weighted by Crippen LogP contribution is 2.03. The van der Waals surface area contributed by atoms with Gasteiger partial charge in [-0.25, -0.2) is 0 Å². The van der Waals surface area contributed by atoms with E-state index in [-0.39, 0.29) is 0 Å². The summed E-state index contributed by atoms with van der Waals surface area (Å²) in [6.45, 7) is 3.07. The highest BCUT2D eigenvalue weighted by molar-refractivity contribution is 4.80. The molecule has 0 atom stereocenters. The summed E-state index contributed by atoms with van der Waals surface area (Å²) < 4.78 is 0. The van der Waals surface area contributed by atoms with E-state index in [4.69, 9.17) is 5.73 Å². The van der Waals surface area contributed by atoms with Crippen LogP contribution < -0.4 is 5.73 Å². The van der Waals surface area contributed by atoms with Crippen LogP contribution in [0.4, 0.5) is 0 Å². The Kier molecular flexibility index (Phi) is 10.4. The van der Waals surface area contributed by atoms with Crippen molar-refractivity contribution < 1.29 is 0 Å². The first kappa shape index (κ1) is 11.7. The van der Waals surface area contributed by atoms with Crippen LogP contribution in [-0.2, 0) is 0 Å². The van der Waals surface area contributed by atoms with E-state index in [1.807, 2.05) is 0 Å². The lowest BCUT2D eigenvalue weighted by atomic mass is 10.1. The molecule has 0 saturated carbocycles. The minimum atomic E-state index is 0.853. The smallest absolute Gasteiger partial charge is 0.00773 e. The molecule has 0 aromatic heterocycles. The third-order valence-electron chi connectivity index (χ3n) is 1.95. The van der Waals surface area contributed by atoms with Crippen LogP contribution in [-0.4, -0.2) is 6.54 Å². The van der Waals surface area contributed by atoms with Crippen LogP contribution in [0.15, 0.2) is 12.2 Å². The lowest BCUT2D eigenvalue weighted by Crippen LogP contribution is -1.97. The summed E-state index contributed by atoms with van der Waals surface area (Å²) in [5, 5.41) is 0. The van der Waals surface area contributed by atoms with Crippen molar-refractivity contribution in [3.63, 3.8) is 0 Å². The second kappa shape index (κ2) is 10.7. The molecule has 0 spiro atoms. The Morgan fingerprint density at radius 2 is 1.58 bits per heavy atom. The first-order chi connectivity index (χ1) is 5.91. The van der Waals surface area contributed by atoms with Crippen LogP contribution in [0.5, 0.6) is 0 Å². The molecule has 0 saturated heterocycles. The molecule has 0 aromatic carbocycles. The Hall–Kier alpha value is -0.300. The van der Waals surface area contributed by atoms with Crippen LogP contribution in [0.2, 0.25) is 0 Å². The van der Waals surface area contributed by atoms with Crippen molar-refractivity contribution in [1.82, 2.24) is 0 Å². The maximum Gasteiger partial charge on any atom is -0.00773 e. The highest BCUT2D eigenvalue weighted by atomic mass is 14.5. The predicted octanol–water partition coefficient (Wildman–Crippen LogP) is 3.25. The van der Waals surface area contributed by atoms with Crippen molar-refractivity contribution >= 4 is 0 Å². The van der Waals surface area contributed by atoms with Gasteiger partial charge in [0.25, 0.3) is 0 Å². The molecule has 0 aromatic rings. The van der Waals surface area contributed by atoms with Gasteiger partial charge in [0.05, 0.1) is 0 Å². The van der Waals surface area contributed by atoms with E-state index in [9.17, 15) is 0 Å². The maximum atomic E-state index is 5.39. The maximum absolute atomic E-state index is 5.39. The normalized spacial score (nSPS) is 11.2. The van der Waals surface area contributed by atoms with Crippen LogP contribution in [0.25, 0.3) is 0 Å². The fraction of sp³-hybridized carbons (Fsp3) is 0.818. The number of unbranched alkanes of at least 4 members (excludes halogenated alkanes) is 5. The average Bonchev–Trinajstić information content (AvgIpc) is 2.10. The van der Waals surface area contributed by atoms with Gasteiger partial charge >= 0.3 is 0 Å². The molecule has 0 bridgehead atoms. The van der Waals surface area contributed by atoms with E-state index in [0.29, 0.717) is 0 Å². The van der Waals surface area contributed by atoms with Gasteiger partial charge in [-0.2, -0.15) is 0 Å². The largest absolute Gasteiger partial charge is 0.330 e. The summed E-state index contributed by atoms with van der Waals surface area (Å²) in [4.78, 5) is 0. The van der Waals surface area contributed by atoms with E-state index in [2.05, 4.69) is 19.1 Å². The lowest BCUT2D eigenvalue weighted by molar-refractivity contribution is 0.652. The second-order valence-electron chi connectivity index (χ2n) is 3.25. The monoisotopic (exact) mass is 169 g/mol. The third kappa shape index (κ3) is 9.70. The Bertz CT molecular complexity index is 97.2. The molecular weight excluding hydrogens is 146 g/mol. The Balaban J connectivity index is 2.90. The minimum absolute atomic E-state index is 0.853. The van der Waals surface area contributed by atoms with Crippen molar-refractivity contribution in [1.29, 1.82) is 0 Å². The average molecular weight is 169 g/mol. The molecule has 2 N–H and O–H groups in total. The van der Waals surface area contributed by atoms with E-state index >= 15 is 0 Å². The van der Waals surface area contributed by atoms with Gasteiger partial charge < -0.3 is 5.73 Å². The zero-order valence-corrected chi connectivity index (χ0v) is 8.39. The first-order valence-corrected chi connectivity index (χ1v) is 5.27. The second-order valence-corrected chi connectivity index (χ2v) is 3.25. The number of hydrogen-bond acceptors (Lipinski definition) is 1. The van der Waals surface area contributed by atoms with Crippen LogP contribution >= 0.6 is 0 Å². The molecule has 0 rings (SSSR count). The van der Waals surface area contributed by atoms with Crippen molar-refractivity contribution in [2.75, 3.05) is 6.54 Å². The molecule has 72 valence electrons. The predicted molar refractivity (Wildman–Crippen MR) is 56.2 cm³/mol. The van der Waals surface area contributed by atoms with Crippen LogP contribution in [0, 0.1) is 0 Å². The molecule has 0 aliphatic carbocycles. The fourth-order valence-corrected chi connectivity index (χ4v) is 1.16. The number of hydrogen-bond donors (Lipinski definition) is 1. The van der Waals surface area contributed by atoms with E-state index in [1.165, 1.54) is 44.9 Å². The minimum Gasteiger partial charge on any atom is -0.330 e. The summed E-state index contributed by atoms with van der Waals surface area (Å²) in [7, 11) is 0. The topological polar surface area (TPSA) is 26.0 Å². The summed E-state index contributed by atoms with van der Waals surface area (Å²) in [6, 6.07) is 0. The van der Waals surface area contributed by atoms with Crippen LogP contribution in [0.3, 0.4) is 0 Å². The quantitative estimate of drug-likeness (QED) is 0.438. The SMILES string of the molecule is CCC/C=C\CCCCCCN. The van der Waals surface area contributed by atoms with Crippen molar-refractivity contribution in [3.8, 4) is 0 Å². The van der Waals surface area contributed by atoms with Gasteiger partial charge in [-0.05, 0) is 32.2 Å². The molecule has 0 aliphatic heterocycles. The van der Waals surface area contributed by atoms with Gasteiger partial charge in [0.2, 0.25) is 0 Å². The van der Waals surface area contributed by atoms with Crippen LogP contribution in [0.1, 0.15) is 51.9 Å². The van der Waals surface area contributed by atoms with Gasteiger partial charge in [0.15, 0.2) is 0 Å². The summed E-state index contributed by atoms with van der Waals surface area (Å²) >= 11 is 0. The van der Waals surface area contributed by atoms with Crippen molar-refractivity contribution in [3.05, 3.63) is 12.2 Å². The summed E-state index contributed by atoms with van der Waals surface area (Å²) in [5.74, 6) is 0. The molecule has 1 nitrogen and oxygen atoms in total. The van der Waals surface area contributed by atoms with E-state index in [0.717, 1.165) is 6.54 Å². The van der Waals surface area contributed by atoms with Gasteiger partial charge in [-0.1, -0.05) is 38.3 Å². The van der Waals surface area contributed by atoms with E-state index in [1.54, 1.807) is 0 Å². The zero-order valence-electron chi connectivity index (χ0n) is 8.39. The molecule has 0 radical (unpaired) electrons. The molecule has 0 aliphatic rings. The fourth-order valence-electron chi connectivity index (χ4n) is 1.16. The molecule has 0 fully saturated rings. The molecule has 1 heteroatoms. The Morgan fingerprint density at radius 1 is 0.917 bits per heavy atom. The Morgan fingerprint density at radius 3 is 2.25 bits per heavy atom. The first-order valence-electron chi connectivity index (χ1n) is 5.27. The van der Waals surface area contributed by atoms with Gasteiger partial charge in [0.1, 0.15) is 0 Å². The van der Waals surface area contributed by atoms with Crippen molar-refractivity contribution in [2.24, 2.45) is 5.73 Å². The highest BCUT2D eigenvalue weighted by Gasteiger charge is 1.85. The standard InChI is InChI=1S/C11H23N/c1-2-3-4-5-6-7-8-9-10-11-12/h4-5H,2-3,6-12H2,1H3/b5-4-. The lowest BCUT2D eigenvalue weighted by Gasteiger charge is -1.95. The summed E-state index contributed by atoms with van der Waals surface area (Å²) in [6.07, 6.45) is 13.5. The summed E-state index contributed by atoms with van der Waals surface area (Å²) in [5.41, 5.74) is 5.39. The van der Waals surface area contributed by atoms with Crippen molar-refractivity contribution in [2.45, 2.75) is 51.9 Å². The molecule has 0 heterocycles. The zero-order chi connectivity index (χ0) is 9.07. The number of allylic oxidation sites excluding steroid dienone is 2. The van der Waals surface area contributed by atoms with Gasteiger partial charge in [-0.3, -0.25) is 0 Å². The number of rotatable bonds is 8. The van der Waals surface area contributed by atoms with E-state index < -0.39 is 0 Å². The number of nitrogens with two attached hydrogens (primary N) is 1. The molecular formula is C11H23N. The third-order valence-corrected chi connectivity index (χ3v) is 1.95. The molecule has 0 amide bonds.